The lowest BCUT2D eigenvalue weighted by atomic mass is 10.1. The van der Waals surface area contributed by atoms with Crippen LogP contribution in [0, 0.1) is 0 Å². The summed E-state index contributed by atoms with van der Waals surface area (Å²) in [5.41, 5.74) is 7.73. The molecule has 108 valence electrons. The van der Waals surface area contributed by atoms with E-state index in [1.165, 1.54) is 12.1 Å². The Bertz CT molecular complexity index is 770. The molecule has 0 radical (unpaired) electrons. The number of halogens is 3. The van der Waals surface area contributed by atoms with Crippen LogP contribution < -0.4 is 5.73 Å². The number of alkyl halides is 3. The zero-order chi connectivity index (χ0) is 15.0. The van der Waals surface area contributed by atoms with Gasteiger partial charge in [0, 0.05) is 23.8 Å². The number of hydrogen-bond acceptors (Lipinski definition) is 1. The summed E-state index contributed by atoms with van der Waals surface area (Å²) in [5, 5.41) is 0.949. The highest BCUT2D eigenvalue weighted by atomic mass is 19.4. The number of nitrogens with zero attached hydrogens (tertiary/aromatic N) is 1. The van der Waals surface area contributed by atoms with Gasteiger partial charge in [0.15, 0.2) is 0 Å². The van der Waals surface area contributed by atoms with Gasteiger partial charge in [0.05, 0.1) is 11.1 Å². The minimum atomic E-state index is -4.30. The number of benzene rings is 2. The summed E-state index contributed by atoms with van der Waals surface area (Å²) < 4.78 is 39.6. The van der Waals surface area contributed by atoms with Crippen molar-refractivity contribution >= 4 is 16.6 Å². The van der Waals surface area contributed by atoms with E-state index in [0.717, 1.165) is 28.6 Å². The van der Waals surface area contributed by atoms with Gasteiger partial charge in [-0.25, -0.2) is 0 Å². The van der Waals surface area contributed by atoms with E-state index in [1.54, 1.807) is 0 Å². The van der Waals surface area contributed by atoms with Gasteiger partial charge in [-0.05, 0) is 35.9 Å². The quantitative estimate of drug-likeness (QED) is 0.701. The lowest BCUT2D eigenvalue weighted by Crippen LogP contribution is -2.05. The number of nitrogens with two attached hydrogens (primary N) is 1. The zero-order valence-electron chi connectivity index (χ0n) is 11.1. The summed E-state index contributed by atoms with van der Waals surface area (Å²) in [6, 6.07) is 12.8. The van der Waals surface area contributed by atoms with E-state index in [4.69, 9.17) is 5.73 Å². The van der Waals surface area contributed by atoms with Crippen molar-refractivity contribution < 1.29 is 13.2 Å². The summed E-state index contributed by atoms with van der Waals surface area (Å²) in [5.74, 6) is 0. The van der Waals surface area contributed by atoms with Gasteiger partial charge in [-0.3, -0.25) is 0 Å². The number of fused-ring (bicyclic) bond motifs is 1. The van der Waals surface area contributed by atoms with Crippen LogP contribution in [-0.4, -0.2) is 4.57 Å². The molecule has 2 aromatic carbocycles. The molecular weight excluding hydrogens is 277 g/mol. The summed E-state index contributed by atoms with van der Waals surface area (Å²) in [7, 11) is 0. The minimum Gasteiger partial charge on any atom is -0.398 e. The average molecular weight is 290 g/mol. The Kier molecular flexibility index (Phi) is 3.12. The van der Waals surface area contributed by atoms with E-state index in [1.807, 2.05) is 35.0 Å². The van der Waals surface area contributed by atoms with Crippen molar-refractivity contribution in [3.05, 3.63) is 65.9 Å². The standard InChI is InChI=1S/C16H13F3N2/c17-16(18,19)12-6-4-11(5-7-12)10-21-9-8-13-14(20)2-1-3-15(13)21/h1-9H,10,20H2. The maximum Gasteiger partial charge on any atom is 0.416 e. The summed E-state index contributed by atoms with van der Waals surface area (Å²) in [6.45, 7) is 0.505. The van der Waals surface area contributed by atoms with Gasteiger partial charge in [-0.15, -0.1) is 0 Å². The molecule has 3 rings (SSSR count). The van der Waals surface area contributed by atoms with Crippen molar-refractivity contribution in [1.82, 2.24) is 4.57 Å². The molecule has 0 saturated heterocycles. The largest absolute Gasteiger partial charge is 0.416 e. The van der Waals surface area contributed by atoms with Crippen molar-refractivity contribution in [2.24, 2.45) is 0 Å². The van der Waals surface area contributed by atoms with E-state index < -0.39 is 11.7 Å². The molecule has 0 fully saturated rings. The first kappa shape index (κ1) is 13.5. The molecule has 1 aromatic heterocycles. The van der Waals surface area contributed by atoms with E-state index in [-0.39, 0.29) is 0 Å². The van der Waals surface area contributed by atoms with Crippen LogP contribution in [0.3, 0.4) is 0 Å². The van der Waals surface area contributed by atoms with Crippen LogP contribution in [0.25, 0.3) is 10.9 Å². The highest BCUT2D eigenvalue weighted by molar-refractivity contribution is 5.91. The maximum atomic E-state index is 12.5. The highest BCUT2D eigenvalue weighted by Gasteiger charge is 2.29. The fraction of sp³-hybridized carbons (Fsp3) is 0.125. The molecule has 0 atom stereocenters. The van der Waals surface area contributed by atoms with Crippen LogP contribution in [0.15, 0.2) is 54.7 Å². The SMILES string of the molecule is Nc1cccc2c1ccn2Cc1ccc(C(F)(F)F)cc1. The summed E-state index contributed by atoms with van der Waals surface area (Å²) in [6.07, 6.45) is -2.41. The maximum absolute atomic E-state index is 12.5. The Morgan fingerprint density at radius 1 is 0.952 bits per heavy atom. The molecule has 0 spiro atoms. The first-order valence-electron chi connectivity index (χ1n) is 6.44. The predicted octanol–water partition coefficient (Wildman–Crippen LogP) is 4.29. The lowest BCUT2D eigenvalue weighted by molar-refractivity contribution is -0.137. The lowest BCUT2D eigenvalue weighted by Gasteiger charge is -2.09. The molecular formula is C16H13F3N2. The van der Waals surface area contributed by atoms with Gasteiger partial charge in [0.1, 0.15) is 0 Å². The molecule has 0 unspecified atom stereocenters. The van der Waals surface area contributed by atoms with Gasteiger partial charge in [-0.2, -0.15) is 13.2 Å². The molecule has 0 aliphatic rings. The normalized spacial score (nSPS) is 12.0. The Labute approximate surface area is 119 Å². The van der Waals surface area contributed by atoms with Crippen LogP contribution in [-0.2, 0) is 12.7 Å². The van der Waals surface area contributed by atoms with Crippen molar-refractivity contribution in [3.8, 4) is 0 Å². The Balaban J connectivity index is 1.90. The molecule has 2 nitrogen and oxygen atoms in total. The Morgan fingerprint density at radius 3 is 2.33 bits per heavy atom. The molecule has 2 N–H and O–H groups in total. The van der Waals surface area contributed by atoms with Gasteiger partial charge >= 0.3 is 6.18 Å². The average Bonchev–Trinajstić information content (AvgIpc) is 2.83. The molecule has 0 saturated carbocycles. The molecule has 1 heterocycles. The van der Waals surface area contributed by atoms with Crippen LogP contribution in [0.1, 0.15) is 11.1 Å². The summed E-state index contributed by atoms with van der Waals surface area (Å²) >= 11 is 0. The first-order chi connectivity index (χ1) is 9.95. The summed E-state index contributed by atoms with van der Waals surface area (Å²) in [4.78, 5) is 0. The smallest absolute Gasteiger partial charge is 0.398 e. The van der Waals surface area contributed by atoms with Crippen LogP contribution in [0.4, 0.5) is 18.9 Å². The topological polar surface area (TPSA) is 30.9 Å². The Morgan fingerprint density at radius 2 is 1.67 bits per heavy atom. The van der Waals surface area contributed by atoms with Gasteiger partial charge in [0.25, 0.3) is 0 Å². The number of aromatic nitrogens is 1. The fourth-order valence-electron chi connectivity index (χ4n) is 2.38. The third-order valence-corrected chi connectivity index (χ3v) is 3.48. The number of rotatable bonds is 2. The van der Waals surface area contributed by atoms with E-state index in [0.29, 0.717) is 12.2 Å². The molecule has 3 aromatic rings. The van der Waals surface area contributed by atoms with Gasteiger partial charge in [-0.1, -0.05) is 18.2 Å². The van der Waals surface area contributed by atoms with E-state index >= 15 is 0 Å². The van der Waals surface area contributed by atoms with Crippen molar-refractivity contribution in [3.63, 3.8) is 0 Å². The van der Waals surface area contributed by atoms with E-state index in [9.17, 15) is 13.2 Å². The number of anilines is 1. The second kappa shape index (κ2) is 4.84. The third-order valence-electron chi connectivity index (χ3n) is 3.48. The van der Waals surface area contributed by atoms with Crippen molar-refractivity contribution in [2.45, 2.75) is 12.7 Å². The highest BCUT2D eigenvalue weighted by Crippen LogP contribution is 2.29. The van der Waals surface area contributed by atoms with Crippen LogP contribution >= 0.6 is 0 Å². The van der Waals surface area contributed by atoms with Gasteiger partial charge in [0.2, 0.25) is 0 Å². The van der Waals surface area contributed by atoms with Crippen molar-refractivity contribution in [2.75, 3.05) is 5.73 Å². The third kappa shape index (κ3) is 2.59. The van der Waals surface area contributed by atoms with Gasteiger partial charge < -0.3 is 10.3 Å². The monoisotopic (exact) mass is 290 g/mol. The Hall–Kier alpha value is -2.43. The molecule has 5 heteroatoms. The van der Waals surface area contributed by atoms with Crippen LogP contribution in [0.2, 0.25) is 0 Å². The molecule has 0 bridgehead atoms. The van der Waals surface area contributed by atoms with Crippen molar-refractivity contribution in [1.29, 1.82) is 0 Å². The molecule has 0 amide bonds. The predicted molar refractivity (Wildman–Crippen MR) is 76.9 cm³/mol. The number of hydrogen-bond donors (Lipinski definition) is 1. The molecule has 0 aliphatic carbocycles. The molecule has 21 heavy (non-hydrogen) atoms. The second-order valence-electron chi connectivity index (χ2n) is 4.92. The van der Waals surface area contributed by atoms with Crippen LogP contribution in [0.5, 0.6) is 0 Å². The van der Waals surface area contributed by atoms with E-state index in [2.05, 4.69) is 0 Å². The number of nitrogen functional groups attached to an aromatic ring is 1. The zero-order valence-corrected chi connectivity index (χ0v) is 11.1. The molecule has 0 aliphatic heterocycles. The fourth-order valence-corrected chi connectivity index (χ4v) is 2.38. The first-order valence-corrected chi connectivity index (χ1v) is 6.44. The minimum absolute atomic E-state index is 0.505. The second-order valence-corrected chi connectivity index (χ2v) is 4.92.